The quantitative estimate of drug-likeness (QED) is 0.251. The largest absolute Gasteiger partial charge is 0.479 e. The molecule has 0 radical (unpaired) electrons. The molecule has 42 heavy (non-hydrogen) atoms. The SMILES string of the molecule is CC[C@@H](Oc1nc(Oc2cc(C)cc(-c3cccc(CN)c3)c2)c(F)c(CC(=O)N2CCS(O)(O)CC2)c1F)C(=O)O. The van der Waals surface area contributed by atoms with Crippen LogP contribution in [0.2, 0.25) is 0 Å². The number of carboxylic acids is 1. The number of nitrogens with zero attached hydrogens (tertiary/aromatic N) is 2. The lowest BCUT2D eigenvalue weighted by Crippen LogP contribution is -2.43. The van der Waals surface area contributed by atoms with Gasteiger partial charge < -0.3 is 25.2 Å². The number of carboxylic acid groups (broad SMARTS) is 1. The summed E-state index contributed by atoms with van der Waals surface area (Å²) in [5.74, 6) is -6.03. The van der Waals surface area contributed by atoms with Crippen molar-refractivity contribution in [3.05, 3.63) is 70.8 Å². The highest BCUT2D eigenvalue weighted by atomic mass is 32.3. The van der Waals surface area contributed by atoms with Crippen molar-refractivity contribution in [2.45, 2.75) is 39.3 Å². The van der Waals surface area contributed by atoms with Crippen molar-refractivity contribution in [2.75, 3.05) is 24.6 Å². The summed E-state index contributed by atoms with van der Waals surface area (Å²) < 4.78 is 62.1. The molecule has 13 heteroatoms. The number of rotatable bonds is 10. The Morgan fingerprint density at radius 3 is 2.40 bits per heavy atom. The number of aromatic nitrogens is 1. The molecule has 4 rings (SSSR count). The van der Waals surface area contributed by atoms with Crippen molar-refractivity contribution in [1.82, 2.24) is 9.88 Å². The molecule has 1 atom stereocenters. The zero-order chi connectivity index (χ0) is 30.6. The van der Waals surface area contributed by atoms with Crippen LogP contribution in [0.3, 0.4) is 0 Å². The third kappa shape index (κ3) is 7.34. The molecule has 1 fully saturated rings. The molecule has 1 aliphatic rings. The molecular weight excluding hydrogens is 572 g/mol. The molecule has 0 saturated carbocycles. The Hall–Kier alpha value is -3.78. The van der Waals surface area contributed by atoms with E-state index in [1.165, 1.54) is 11.8 Å². The molecular formula is C29H33F2N3O7S. The monoisotopic (exact) mass is 605 g/mol. The van der Waals surface area contributed by atoms with Crippen LogP contribution in [0.4, 0.5) is 8.78 Å². The van der Waals surface area contributed by atoms with Crippen LogP contribution in [0.25, 0.3) is 11.1 Å². The molecule has 2 heterocycles. The van der Waals surface area contributed by atoms with E-state index in [1.807, 2.05) is 37.3 Å². The Balaban J connectivity index is 1.72. The number of benzene rings is 2. The van der Waals surface area contributed by atoms with E-state index in [0.29, 0.717) is 6.54 Å². The van der Waals surface area contributed by atoms with Gasteiger partial charge in [-0.25, -0.2) is 13.6 Å². The van der Waals surface area contributed by atoms with Gasteiger partial charge in [0.1, 0.15) is 5.75 Å². The summed E-state index contributed by atoms with van der Waals surface area (Å²) in [6, 6.07) is 12.7. The van der Waals surface area contributed by atoms with Crippen molar-refractivity contribution < 1.29 is 42.1 Å². The van der Waals surface area contributed by atoms with Crippen LogP contribution in [0, 0.1) is 18.6 Å². The Morgan fingerprint density at radius 2 is 1.76 bits per heavy atom. The molecule has 226 valence electrons. The van der Waals surface area contributed by atoms with Gasteiger partial charge in [0.2, 0.25) is 5.91 Å². The van der Waals surface area contributed by atoms with Gasteiger partial charge in [0.05, 0.1) is 17.9 Å². The van der Waals surface area contributed by atoms with Crippen molar-refractivity contribution in [2.24, 2.45) is 5.73 Å². The first-order chi connectivity index (χ1) is 19.9. The van der Waals surface area contributed by atoms with Crippen molar-refractivity contribution in [1.29, 1.82) is 0 Å². The van der Waals surface area contributed by atoms with Gasteiger partial charge in [0, 0.05) is 25.2 Å². The minimum absolute atomic E-state index is 0.0105. The molecule has 0 aliphatic carbocycles. The number of carbonyl (C=O) groups is 2. The molecule has 0 spiro atoms. The highest BCUT2D eigenvalue weighted by Crippen LogP contribution is 2.40. The summed E-state index contributed by atoms with van der Waals surface area (Å²) in [5.41, 5.74) is 8.31. The third-order valence-electron chi connectivity index (χ3n) is 6.83. The molecule has 1 aliphatic heterocycles. The number of aliphatic carboxylic acids is 1. The summed E-state index contributed by atoms with van der Waals surface area (Å²) >= 11 is 0. The summed E-state index contributed by atoms with van der Waals surface area (Å²) in [4.78, 5) is 29.7. The van der Waals surface area contributed by atoms with E-state index in [4.69, 9.17) is 15.2 Å². The van der Waals surface area contributed by atoms with Crippen LogP contribution >= 0.6 is 10.6 Å². The van der Waals surface area contributed by atoms with Crippen molar-refractivity contribution in [3.8, 4) is 28.6 Å². The number of hydrogen-bond acceptors (Lipinski definition) is 8. The molecule has 0 bridgehead atoms. The van der Waals surface area contributed by atoms with E-state index in [1.54, 1.807) is 12.1 Å². The number of pyridine rings is 1. The van der Waals surface area contributed by atoms with E-state index in [9.17, 15) is 23.8 Å². The molecule has 1 amide bonds. The number of hydrogen-bond donors (Lipinski definition) is 4. The average Bonchev–Trinajstić information content (AvgIpc) is 2.95. The van der Waals surface area contributed by atoms with E-state index in [2.05, 4.69) is 4.98 Å². The number of aryl methyl sites for hydroxylation is 1. The highest BCUT2D eigenvalue weighted by Gasteiger charge is 2.31. The van der Waals surface area contributed by atoms with Gasteiger partial charge in [-0.3, -0.25) is 13.9 Å². The Labute approximate surface area is 243 Å². The highest BCUT2D eigenvalue weighted by molar-refractivity contribution is 8.24. The maximum Gasteiger partial charge on any atom is 0.344 e. The van der Waals surface area contributed by atoms with Crippen LogP contribution in [-0.2, 0) is 22.6 Å². The lowest BCUT2D eigenvalue weighted by molar-refractivity contribution is -0.145. The fourth-order valence-electron chi connectivity index (χ4n) is 4.49. The number of nitrogens with two attached hydrogens (primary N) is 1. The first-order valence-corrected chi connectivity index (χ1v) is 15.2. The van der Waals surface area contributed by atoms with Gasteiger partial charge in [-0.15, -0.1) is 0 Å². The normalized spacial score (nSPS) is 16.0. The van der Waals surface area contributed by atoms with E-state index < -0.39 is 63.9 Å². The van der Waals surface area contributed by atoms with Crippen LogP contribution < -0.4 is 15.2 Å². The number of halogens is 2. The summed E-state index contributed by atoms with van der Waals surface area (Å²) in [6.45, 7) is 3.68. The molecule has 5 N–H and O–H groups in total. The summed E-state index contributed by atoms with van der Waals surface area (Å²) in [7, 11) is -2.80. The summed E-state index contributed by atoms with van der Waals surface area (Å²) in [5, 5.41) is 9.43. The maximum atomic E-state index is 15.8. The van der Waals surface area contributed by atoms with Gasteiger partial charge in [0.15, 0.2) is 17.7 Å². The van der Waals surface area contributed by atoms with E-state index >= 15 is 8.78 Å². The maximum absolute atomic E-state index is 15.8. The third-order valence-corrected chi connectivity index (χ3v) is 8.50. The van der Waals surface area contributed by atoms with Crippen LogP contribution in [0.15, 0.2) is 42.5 Å². The lowest BCUT2D eigenvalue weighted by Gasteiger charge is -2.41. The van der Waals surface area contributed by atoms with Crippen molar-refractivity contribution in [3.63, 3.8) is 0 Å². The van der Waals surface area contributed by atoms with Crippen molar-refractivity contribution >= 4 is 22.5 Å². The number of carbonyl (C=O) groups excluding carboxylic acids is 1. The second-order valence-corrected chi connectivity index (χ2v) is 12.4. The van der Waals surface area contributed by atoms with Gasteiger partial charge >= 0.3 is 5.97 Å². The molecule has 0 unspecified atom stereocenters. The average molecular weight is 606 g/mol. The molecule has 1 aromatic heterocycles. The minimum atomic E-state index is -2.80. The fraction of sp³-hybridized carbons (Fsp3) is 0.345. The predicted molar refractivity (Wildman–Crippen MR) is 154 cm³/mol. The zero-order valence-electron chi connectivity index (χ0n) is 23.2. The zero-order valence-corrected chi connectivity index (χ0v) is 24.0. The molecule has 10 nitrogen and oxygen atoms in total. The lowest BCUT2D eigenvalue weighted by atomic mass is 10.0. The fourth-order valence-corrected chi connectivity index (χ4v) is 5.72. The smallest absolute Gasteiger partial charge is 0.344 e. The Morgan fingerprint density at radius 1 is 1.07 bits per heavy atom. The minimum Gasteiger partial charge on any atom is -0.479 e. The predicted octanol–water partition coefficient (Wildman–Crippen LogP) is 4.96. The Kier molecular flexibility index (Phi) is 9.67. The molecule has 1 saturated heterocycles. The van der Waals surface area contributed by atoms with Crippen LogP contribution in [-0.4, -0.2) is 66.7 Å². The van der Waals surface area contributed by atoms with Gasteiger partial charge in [-0.05, 0) is 53.8 Å². The second-order valence-electron chi connectivity index (χ2n) is 9.99. The second kappa shape index (κ2) is 13.0. The Bertz CT molecular complexity index is 1480. The first-order valence-electron chi connectivity index (χ1n) is 13.3. The summed E-state index contributed by atoms with van der Waals surface area (Å²) in [6.07, 6.45) is -2.27. The van der Waals surface area contributed by atoms with Gasteiger partial charge in [-0.2, -0.15) is 15.6 Å². The molecule has 3 aromatic rings. The van der Waals surface area contributed by atoms with Crippen LogP contribution in [0.1, 0.15) is 30.0 Å². The van der Waals surface area contributed by atoms with Gasteiger partial charge in [-0.1, -0.05) is 31.2 Å². The number of ether oxygens (including phenoxy) is 2. The topological polar surface area (TPSA) is 155 Å². The standard InChI is InChI=1S/C29H33F2N3O7S/c1-3-23(29(36)37)41-28-26(31)22(15-24(35)34-7-9-42(38,39)10-8-34)25(30)27(33-28)40-21-12-17(2)11-20(14-21)19-6-4-5-18(13-19)16-32/h4-6,11-14,23,38-39H,3,7-10,15-16,32H2,1-2H3,(H,36,37)/t23-/m1/s1. The van der Waals surface area contributed by atoms with Gasteiger partial charge in [0.25, 0.3) is 11.8 Å². The van der Waals surface area contributed by atoms with E-state index in [-0.39, 0.29) is 36.8 Å². The molecule has 2 aromatic carbocycles. The van der Waals surface area contributed by atoms with E-state index in [0.717, 1.165) is 22.3 Å². The van der Waals surface area contributed by atoms with Crippen LogP contribution in [0.5, 0.6) is 17.5 Å². The first kappa shape index (κ1) is 31.2. The number of amides is 1.